The molecule has 6 heteroatoms. The molecule has 1 saturated heterocycles. The SMILES string of the molecule is CO[C@@H]1CN(C(=O)C=C(C2CC2)C2CC2)C[C@H]1c1cn[nH]n1. The van der Waals surface area contributed by atoms with Crippen LogP contribution in [-0.4, -0.2) is 52.5 Å². The number of carbonyl (C=O) groups is 1. The monoisotopic (exact) mass is 302 g/mol. The van der Waals surface area contributed by atoms with Gasteiger partial charge in [-0.25, -0.2) is 0 Å². The standard InChI is InChI=1S/C16H22N4O2/c1-22-15-9-20(8-13(15)14-7-17-19-18-14)16(21)6-12(10-2-3-10)11-4-5-11/h6-7,10-11,13,15H,2-5,8-9H2,1H3,(H,17,18,19)/t13-,15+/m0/s1. The number of carbonyl (C=O) groups excluding carboxylic acids is 1. The summed E-state index contributed by atoms with van der Waals surface area (Å²) in [5.41, 5.74) is 2.28. The van der Waals surface area contributed by atoms with Gasteiger partial charge in [-0.2, -0.15) is 15.4 Å². The van der Waals surface area contributed by atoms with E-state index in [2.05, 4.69) is 15.4 Å². The van der Waals surface area contributed by atoms with Crippen LogP contribution in [0.25, 0.3) is 0 Å². The highest BCUT2D eigenvalue weighted by Crippen LogP contribution is 2.48. The van der Waals surface area contributed by atoms with Crippen LogP contribution in [0.15, 0.2) is 17.8 Å². The maximum atomic E-state index is 12.6. The zero-order chi connectivity index (χ0) is 15.1. The summed E-state index contributed by atoms with van der Waals surface area (Å²) >= 11 is 0. The minimum absolute atomic E-state index is 0.00671. The molecule has 1 aromatic rings. The maximum Gasteiger partial charge on any atom is 0.246 e. The average Bonchev–Trinajstić information content (AvgIpc) is 3.44. The van der Waals surface area contributed by atoms with Gasteiger partial charge in [-0.3, -0.25) is 4.79 Å². The largest absolute Gasteiger partial charge is 0.379 e. The number of aromatic amines is 1. The minimum Gasteiger partial charge on any atom is -0.379 e. The Hall–Kier alpha value is -1.69. The van der Waals surface area contributed by atoms with E-state index in [1.165, 1.54) is 31.3 Å². The van der Waals surface area contributed by atoms with Crippen LogP contribution in [0.1, 0.15) is 37.3 Å². The van der Waals surface area contributed by atoms with Crippen LogP contribution in [0.5, 0.6) is 0 Å². The summed E-state index contributed by atoms with van der Waals surface area (Å²) in [6.45, 7) is 1.29. The van der Waals surface area contributed by atoms with Crippen molar-refractivity contribution in [3.05, 3.63) is 23.5 Å². The molecule has 0 unspecified atom stereocenters. The number of amides is 1. The Morgan fingerprint density at radius 1 is 1.32 bits per heavy atom. The van der Waals surface area contributed by atoms with E-state index in [0.29, 0.717) is 24.9 Å². The van der Waals surface area contributed by atoms with E-state index >= 15 is 0 Å². The van der Waals surface area contributed by atoms with Gasteiger partial charge in [0.25, 0.3) is 0 Å². The van der Waals surface area contributed by atoms with Gasteiger partial charge in [0, 0.05) is 26.3 Å². The van der Waals surface area contributed by atoms with Crippen LogP contribution in [0.4, 0.5) is 0 Å². The van der Waals surface area contributed by atoms with E-state index in [1.54, 1.807) is 13.3 Å². The molecule has 4 rings (SSSR count). The van der Waals surface area contributed by atoms with E-state index in [9.17, 15) is 4.79 Å². The Labute approximate surface area is 129 Å². The number of nitrogens with zero attached hydrogens (tertiary/aromatic N) is 3. The van der Waals surface area contributed by atoms with Gasteiger partial charge in [-0.05, 0) is 37.5 Å². The third-order valence-electron chi connectivity index (χ3n) is 5.08. The lowest BCUT2D eigenvalue weighted by Gasteiger charge is -2.15. The molecular weight excluding hydrogens is 280 g/mol. The van der Waals surface area contributed by atoms with Gasteiger partial charge in [0.15, 0.2) is 0 Å². The number of nitrogens with one attached hydrogen (secondary N) is 1. The van der Waals surface area contributed by atoms with Gasteiger partial charge < -0.3 is 9.64 Å². The molecule has 1 aliphatic heterocycles. The lowest BCUT2D eigenvalue weighted by atomic mass is 10.0. The molecule has 0 spiro atoms. The van der Waals surface area contributed by atoms with Crippen molar-refractivity contribution >= 4 is 5.91 Å². The predicted molar refractivity (Wildman–Crippen MR) is 80.0 cm³/mol. The molecule has 2 aliphatic carbocycles. The summed E-state index contributed by atoms with van der Waals surface area (Å²) in [6, 6.07) is 0. The topological polar surface area (TPSA) is 71.1 Å². The van der Waals surface area contributed by atoms with Crippen LogP contribution < -0.4 is 0 Å². The number of likely N-dealkylation sites (tertiary alicyclic amines) is 1. The Bertz CT molecular complexity index is 561. The molecule has 2 heterocycles. The maximum absolute atomic E-state index is 12.6. The highest BCUT2D eigenvalue weighted by Gasteiger charge is 2.40. The molecule has 1 amide bonds. The molecular formula is C16H22N4O2. The van der Waals surface area contributed by atoms with Crippen molar-refractivity contribution < 1.29 is 9.53 Å². The second kappa shape index (κ2) is 5.50. The lowest BCUT2D eigenvalue weighted by Crippen LogP contribution is -2.28. The molecule has 0 aromatic carbocycles. The van der Waals surface area contributed by atoms with Gasteiger partial charge in [-0.15, -0.1) is 0 Å². The first-order valence-electron chi connectivity index (χ1n) is 8.15. The Balaban J connectivity index is 1.48. The molecule has 1 N–H and O–H groups in total. The second-order valence-electron chi connectivity index (χ2n) is 6.71. The first kappa shape index (κ1) is 13.9. The number of allylic oxidation sites excluding steroid dienone is 1. The van der Waals surface area contributed by atoms with Crippen LogP contribution in [-0.2, 0) is 9.53 Å². The Morgan fingerprint density at radius 3 is 2.59 bits per heavy atom. The smallest absolute Gasteiger partial charge is 0.246 e. The molecule has 22 heavy (non-hydrogen) atoms. The highest BCUT2D eigenvalue weighted by molar-refractivity contribution is 5.89. The van der Waals surface area contributed by atoms with Gasteiger partial charge in [0.1, 0.15) is 0 Å². The Kier molecular flexibility index (Phi) is 3.48. The number of aromatic nitrogens is 3. The quantitative estimate of drug-likeness (QED) is 0.837. The molecule has 2 atom stereocenters. The van der Waals surface area contributed by atoms with Crippen LogP contribution in [0.3, 0.4) is 0 Å². The first-order chi connectivity index (χ1) is 10.8. The molecule has 3 aliphatic rings. The molecule has 0 radical (unpaired) electrons. The van der Waals surface area contributed by atoms with Gasteiger partial charge in [0.05, 0.1) is 23.9 Å². The van der Waals surface area contributed by atoms with E-state index < -0.39 is 0 Å². The van der Waals surface area contributed by atoms with E-state index in [1.807, 2.05) is 11.0 Å². The molecule has 3 fully saturated rings. The van der Waals surface area contributed by atoms with Gasteiger partial charge in [0.2, 0.25) is 5.91 Å². The number of methoxy groups -OCH3 is 1. The fourth-order valence-corrected chi connectivity index (χ4v) is 3.50. The summed E-state index contributed by atoms with van der Waals surface area (Å²) < 4.78 is 5.56. The van der Waals surface area contributed by atoms with Gasteiger partial charge in [-0.1, -0.05) is 5.57 Å². The molecule has 6 nitrogen and oxygen atoms in total. The molecule has 1 aromatic heterocycles. The summed E-state index contributed by atoms with van der Waals surface area (Å²) in [7, 11) is 1.70. The normalized spacial score (nSPS) is 28.0. The Morgan fingerprint density at radius 2 is 2.05 bits per heavy atom. The van der Waals surface area contributed by atoms with E-state index in [4.69, 9.17) is 4.74 Å². The van der Waals surface area contributed by atoms with Crippen LogP contribution in [0.2, 0.25) is 0 Å². The van der Waals surface area contributed by atoms with Crippen molar-refractivity contribution in [3.8, 4) is 0 Å². The van der Waals surface area contributed by atoms with Crippen LogP contribution in [0, 0.1) is 11.8 Å². The van der Waals surface area contributed by atoms with Crippen molar-refractivity contribution in [1.29, 1.82) is 0 Å². The summed E-state index contributed by atoms with van der Waals surface area (Å²) in [4.78, 5) is 14.5. The number of ether oxygens (including phenoxy) is 1. The summed E-state index contributed by atoms with van der Waals surface area (Å²) in [5.74, 6) is 1.61. The highest BCUT2D eigenvalue weighted by atomic mass is 16.5. The van der Waals surface area contributed by atoms with E-state index in [-0.39, 0.29) is 17.9 Å². The van der Waals surface area contributed by atoms with Crippen molar-refractivity contribution in [2.75, 3.05) is 20.2 Å². The fourth-order valence-electron chi connectivity index (χ4n) is 3.50. The van der Waals surface area contributed by atoms with E-state index in [0.717, 1.165) is 5.69 Å². The van der Waals surface area contributed by atoms with Crippen molar-refractivity contribution in [2.24, 2.45) is 11.8 Å². The minimum atomic E-state index is -0.00671. The second-order valence-corrected chi connectivity index (χ2v) is 6.71. The van der Waals surface area contributed by atoms with Crippen LogP contribution >= 0.6 is 0 Å². The zero-order valence-corrected chi connectivity index (χ0v) is 12.9. The third kappa shape index (κ3) is 2.67. The number of H-pyrrole nitrogens is 1. The third-order valence-corrected chi connectivity index (χ3v) is 5.08. The summed E-state index contributed by atoms with van der Waals surface area (Å²) in [5, 5.41) is 10.7. The lowest BCUT2D eigenvalue weighted by molar-refractivity contribution is -0.125. The average molecular weight is 302 g/mol. The first-order valence-corrected chi connectivity index (χ1v) is 8.15. The predicted octanol–water partition coefficient (Wildman–Crippen LogP) is 1.49. The van der Waals surface area contributed by atoms with Gasteiger partial charge >= 0.3 is 0 Å². The summed E-state index contributed by atoms with van der Waals surface area (Å²) in [6.07, 6.45) is 8.69. The molecule has 0 bridgehead atoms. The van der Waals surface area contributed by atoms with Crippen molar-refractivity contribution in [1.82, 2.24) is 20.3 Å². The van der Waals surface area contributed by atoms with Crippen molar-refractivity contribution in [3.63, 3.8) is 0 Å². The number of rotatable bonds is 5. The molecule has 2 saturated carbocycles. The van der Waals surface area contributed by atoms with Crippen molar-refractivity contribution in [2.45, 2.75) is 37.7 Å². The number of hydrogen-bond donors (Lipinski definition) is 1. The fraction of sp³-hybridized carbons (Fsp3) is 0.688. The molecule has 118 valence electrons. The number of hydrogen-bond acceptors (Lipinski definition) is 4. The zero-order valence-electron chi connectivity index (χ0n) is 12.9.